The summed E-state index contributed by atoms with van der Waals surface area (Å²) < 4.78 is 2.16. The predicted octanol–water partition coefficient (Wildman–Crippen LogP) is 3.54. The third kappa shape index (κ3) is 2.73. The monoisotopic (exact) mass is 277 g/mol. The van der Waals surface area contributed by atoms with Crippen molar-refractivity contribution in [1.82, 2.24) is 9.55 Å². The van der Waals surface area contributed by atoms with Gasteiger partial charge in [0.25, 0.3) is 0 Å². The molecular weight excluding hydrogens is 258 g/mol. The third-order valence-corrected chi connectivity index (χ3v) is 3.67. The van der Waals surface area contributed by atoms with Crippen LogP contribution in [0.2, 0.25) is 0 Å². The number of hydrogen-bond acceptors (Lipinski definition) is 2. The molecule has 0 amide bonds. The van der Waals surface area contributed by atoms with Gasteiger partial charge in [0.15, 0.2) is 0 Å². The zero-order valence-electron chi connectivity index (χ0n) is 12.1. The molecule has 2 N–H and O–H groups in total. The Morgan fingerprint density at radius 1 is 0.905 bits per heavy atom. The van der Waals surface area contributed by atoms with Crippen LogP contribution >= 0.6 is 0 Å². The maximum absolute atomic E-state index is 6.09. The lowest BCUT2D eigenvalue weighted by Gasteiger charge is -2.23. The molecule has 0 aliphatic heterocycles. The second-order valence-electron chi connectivity index (χ2n) is 5.24. The van der Waals surface area contributed by atoms with Gasteiger partial charge in [-0.25, -0.2) is 4.98 Å². The van der Waals surface area contributed by atoms with E-state index in [4.69, 9.17) is 5.73 Å². The van der Waals surface area contributed by atoms with Gasteiger partial charge in [-0.05, 0) is 18.1 Å². The molecule has 3 rings (SSSR count). The summed E-state index contributed by atoms with van der Waals surface area (Å²) in [5.41, 5.74) is 9.58. The molecule has 0 saturated carbocycles. The molecule has 3 heteroatoms. The smallest absolute Gasteiger partial charge is 0.0957 e. The molecule has 3 aromatic rings. The summed E-state index contributed by atoms with van der Waals surface area (Å²) in [6.07, 6.45) is 3.72. The molecule has 1 heterocycles. The summed E-state index contributed by atoms with van der Waals surface area (Å²) in [6.45, 7) is 1.99. The lowest BCUT2D eigenvalue weighted by atomic mass is 9.98. The van der Waals surface area contributed by atoms with E-state index in [2.05, 4.69) is 58.1 Å². The Kier molecular flexibility index (Phi) is 3.84. The van der Waals surface area contributed by atoms with E-state index in [1.165, 1.54) is 11.1 Å². The highest BCUT2D eigenvalue weighted by atomic mass is 15.1. The van der Waals surface area contributed by atoms with Crippen molar-refractivity contribution in [2.45, 2.75) is 19.0 Å². The van der Waals surface area contributed by atoms with Crippen LogP contribution in [0.5, 0.6) is 0 Å². The average molecular weight is 277 g/mol. The molecule has 0 aliphatic rings. The van der Waals surface area contributed by atoms with Gasteiger partial charge in [0.2, 0.25) is 0 Å². The van der Waals surface area contributed by atoms with Crippen LogP contribution in [0.15, 0.2) is 73.2 Å². The summed E-state index contributed by atoms with van der Waals surface area (Å²) in [4.78, 5) is 4.30. The summed E-state index contributed by atoms with van der Waals surface area (Å²) in [7, 11) is 0. The zero-order chi connectivity index (χ0) is 14.7. The number of aromatic nitrogens is 2. The Morgan fingerprint density at radius 2 is 1.43 bits per heavy atom. The van der Waals surface area contributed by atoms with Gasteiger partial charge in [0.1, 0.15) is 0 Å². The van der Waals surface area contributed by atoms with Gasteiger partial charge in [-0.15, -0.1) is 0 Å². The first kappa shape index (κ1) is 13.6. The lowest BCUT2D eigenvalue weighted by molar-refractivity contribution is 0.608. The maximum atomic E-state index is 6.09. The van der Waals surface area contributed by atoms with Gasteiger partial charge >= 0.3 is 0 Å². The molecule has 3 nitrogen and oxygen atoms in total. The number of imidazole rings is 1. The Labute approximate surface area is 125 Å². The van der Waals surface area contributed by atoms with Crippen molar-refractivity contribution >= 4 is 0 Å². The van der Waals surface area contributed by atoms with Crippen LogP contribution in [0.4, 0.5) is 0 Å². The Morgan fingerprint density at radius 3 is 1.90 bits per heavy atom. The van der Waals surface area contributed by atoms with Gasteiger partial charge in [-0.2, -0.15) is 0 Å². The van der Waals surface area contributed by atoms with E-state index in [0.29, 0.717) is 0 Å². The van der Waals surface area contributed by atoms with E-state index in [-0.39, 0.29) is 12.1 Å². The van der Waals surface area contributed by atoms with E-state index in [1.807, 2.05) is 31.6 Å². The van der Waals surface area contributed by atoms with Crippen LogP contribution < -0.4 is 5.73 Å². The van der Waals surface area contributed by atoms with Crippen LogP contribution in [-0.2, 0) is 0 Å². The fraction of sp³-hybridized carbons (Fsp3) is 0.167. The molecule has 0 saturated heterocycles. The SMILES string of the molecule is CC(N)c1cncn1C(c1ccccc1)c1ccccc1. The summed E-state index contributed by atoms with van der Waals surface area (Å²) in [6, 6.07) is 20.9. The average Bonchev–Trinajstić information content (AvgIpc) is 2.99. The molecule has 2 aromatic carbocycles. The standard InChI is InChI=1S/C18H19N3/c1-14(19)17-12-20-13-21(17)18(15-8-4-2-5-9-15)16-10-6-3-7-11-16/h2-14,18H,19H2,1H3. The van der Waals surface area contributed by atoms with Crippen molar-refractivity contribution in [1.29, 1.82) is 0 Å². The molecule has 1 unspecified atom stereocenters. The maximum Gasteiger partial charge on any atom is 0.0957 e. The van der Waals surface area contributed by atoms with Crippen LogP contribution in [0.25, 0.3) is 0 Å². The van der Waals surface area contributed by atoms with Crippen LogP contribution in [0, 0.1) is 0 Å². The molecule has 1 atom stereocenters. The van der Waals surface area contributed by atoms with Gasteiger partial charge in [0, 0.05) is 12.2 Å². The van der Waals surface area contributed by atoms with E-state index < -0.39 is 0 Å². The zero-order valence-corrected chi connectivity index (χ0v) is 12.1. The number of hydrogen-bond donors (Lipinski definition) is 1. The molecule has 0 fully saturated rings. The van der Waals surface area contributed by atoms with Crippen molar-refractivity contribution < 1.29 is 0 Å². The van der Waals surface area contributed by atoms with Crippen LogP contribution in [0.1, 0.15) is 35.8 Å². The quantitative estimate of drug-likeness (QED) is 0.792. The van der Waals surface area contributed by atoms with Gasteiger partial charge in [-0.1, -0.05) is 60.7 Å². The van der Waals surface area contributed by atoms with Gasteiger partial charge < -0.3 is 10.3 Å². The summed E-state index contributed by atoms with van der Waals surface area (Å²) >= 11 is 0. The highest BCUT2D eigenvalue weighted by Crippen LogP contribution is 2.29. The highest BCUT2D eigenvalue weighted by molar-refractivity contribution is 5.33. The second-order valence-corrected chi connectivity index (χ2v) is 5.24. The van der Waals surface area contributed by atoms with Crippen molar-refractivity contribution in [3.63, 3.8) is 0 Å². The Hall–Kier alpha value is -2.39. The van der Waals surface area contributed by atoms with Gasteiger partial charge in [0.05, 0.1) is 18.1 Å². The molecular formula is C18H19N3. The first-order chi connectivity index (χ1) is 10.3. The van der Waals surface area contributed by atoms with Crippen molar-refractivity contribution in [2.24, 2.45) is 5.73 Å². The predicted molar refractivity (Wildman–Crippen MR) is 85.0 cm³/mol. The van der Waals surface area contributed by atoms with E-state index >= 15 is 0 Å². The number of nitrogens with zero attached hydrogens (tertiary/aromatic N) is 2. The second kappa shape index (κ2) is 5.94. The van der Waals surface area contributed by atoms with Crippen LogP contribution in [0.3, 0.4) is 0 Å². The number of rotatable bonds is 4. The largest absolute Gasteiger partial charge is 0.323 e. The summed E-state index contributed by atoms with van der Waals surface area (Å²) in [5, 5.41) is 0. The number of nitrogens with two attached hydrogens (primary N) is 1. The molecule has 106 valence electrons. The van der Waals surface area contributed by atoms with Crippen LogP contribution in [-0.4, -0.2) is 9.55 Å². The minimum atomic E-state index is -0.0533. The van der Waals surface area contributed by atoms with E-state index in [9.17, 15) is 0 Å². The van der Waals surface area contributed by atoms with Gasteiger partial charge in [-0.3, -0.25) is 0 Å². The van der Waals surface area contributed by atoms with Crippen molar-refractivity contribution in [2.75, 3.05) is 0 Å². The van der Waals surface area contributed by atoms with Crippen molar-refractivity contribution in [3.8, 4) is 0 Å². The van der Waals surface area contributed by atoms with E-state index in [0.717, 1.165) is 5.69 Å². The van der Waals surface area contributed by atoms with E-state index in [1.54, 1.807) is 0 Å². The van der Waals surface area contributed by atoms with Crippen molar-refractivity contribution in [3.05, 3.63) is 90.0 Å². The normalized spacial score (nSPS) is 12.5. The number of benzene rings is 2. The molecule has 21 heavy (non-hydrogen) atoms. The molecule has 0 aliphatic carbocycles. The minimum Gasteiger partial charge on any atom is -0.323 e. The fourth-order valence-electron chi connectivity index (χ4n) is 2.67. The third-order valence-electron chi connectivity index (χ3n) is 3.67. The molecule has 0 spiro atoms. The Bertz CT molecular complexity index is 647. The highest BCUT2D eigenvalue weighted by Gasteiger charge is 2.19. The first-order valence-electron chi connectivity index (χ1n) is 7.14. The molecule has 0 radical (unpaired) electrons. The molecule has 1 aromatic heterocycles. The lowest BCUT2D eigenvalue weighted by Crippen LogP contribution is -2.18. The Balaban J connectivity index is 2.15. The first-order valence-corrected chi connectivity index (χ1v) is 7.14. The summed E-state index contributed by atoms with van der Waals surface area (Å²) in [5.74, 6) is 0. The minimum absolute atomic E-state index is 0.0533. The fourth-order valence-corrected chi connectivity index (χ4v) is 2.67. The molecule has 0 bridgehead atoms. The topological polar surface area (TPSA) is 43.8 Å².